The number of hydrogen-bond acceptors (Lipinski definition) is 0. The second kappa shape index (κ2) is 10.5. The van der Waals surface area contributed by atoms with Gasteiger partial charge in [-0.25, -0.2) is 0 Å². The van der Waals surface area contributed by atoms with Crippen molar-refractivity contribution in [3.63, 3.8) is 0 Å². The summed E-state index contributed by atoms with van der Waals surface area (Å²) in [5.41, 5.74) is 14.8. The molecular formula is C41H46HfSi. The Morgan fingerprint density at radius 3 is 1.44 bits per heavy atom. The van der Waals surface area contributed by atoms with Gasteiger partial charge in [0.25, 0.3) is 0 Å². The van der Waals surface area contributed by atoms with Crippen LogP contribution in [0.2, 0.25) is 22.0 Å². The van der Waals surface area contributed by atoms with E-state index in [1.165, 1.54) is 50.6 Å². The van der Waals surface area contributed by atoms with E-state index in [2.05, 4.69) is 148 Å². The fraction of sp³-hybridized carbons (Fsp3) is 0.317. The minimum atomic E-state index is -3.03. The van der Waals surface area contributed by atoms with Gasteiger partial charge in [0, 0.05) is 0 Å². The van der Waals surface area contributed by atoms with Gasteiger partial charge in [0.15, 0.2) is 0 Å². The molecule has 0 saturated carbocycles. The summed E-state index contributed by atoms with van der Waals surface area (Å²) < 4.78 is 6.92. The molecule has 0 radical (unpaired) electrons. The number of hydrogen-bond donors (Lipinski definition) is 0. The van der Waals surface area contributed by atoms with Gasteiger partial charge >= 0.3 is 267 Å². The molecule has 0 N–H and O–H groups in total. The number of benzene rings is 4. The molecule has 218 valence electrons. The first-order chi connectivity index (χ1) is 20.6. The summed E-state index contributed by atoms with van der Waals surface area (Å²) in [5, 5.41) is 3.70. The Bertz CT molecular complexity index is 1690. The normalized spacial score (nSPS) is 23.0. The summed E-state index contributed by atoms with van der Waals surface area (Å²) in [6.07, 6.45) is 5.45. The standard InChI is InChI=1S/C39H40Si.2CH3.Hf/c1-7-40(6,34-22-32-16-10-18-36(38(32)24-34)30-14-8-12-28(20-30)26(2)3)35-23-33-17-11-19-37(39(33)25-35)31-15-9-13-29(21-31)27(4)5;;;/h8-27H,7H2,1-6H3;2*1H3;. The van der Waals surface area contributed by atoms with Crippen LogP contribution in [0.25, 0.3) is 34.4 Å². The predicted molar refractivity (Wildman–Crippen MR) is 187 cm³/mol. The van der Waals surface area contributed by atoms with E-state index in [1.807, 2.05) is 10.4 Å². The number of rotatable bonds is 5. The molecule has 2 unspecified atom stereocenters. The second-order valence-electron chi connectivity index (χ2n) is 14.7. The molecule has 4 aromatic carbocycles. The summed E-state index contributed by atoms with van der Waals surface area (Å²) in [5.74, 6) is 1.07. The van der Waals surface area contributed by atoms with E-state index in [1.54, 1.807) is 11.1 Å². The molecule has 3 aliphatic rings. The second-order valence-corrected chi connectivity index (χ2v) is 36.5. The fourth-order valence-electron chi connectivity index (χ4n) is 8.74. The van der Waals surface area contributed by atoms with E-state index in [9.17, 15) is 0 Å². The molecule has 2 aliphatic carbocycles. The SMILES string of the molecule is CC[Si]1(C)C2=Cc3c(-c4cccc(C(C)C)c4)cccc3[CH]2[Hf]([CH3])([CH3])[CH]2C1=Cc1c(-c3cccc(C(C)C)c3)cccc12. The summed E-state index contributed by atoms with van der Waals surface area (Å²) in [7, 11) is -1.88. The molecule has 2 heteroatoms. The quantitative estimate of drug-likeness (QED) is 0.179. The van der Waals surface area contributed by atoms with Crippen LogP contribution in [0.3, 0.4) is 0 Å². The van der Waals surface area contributed by atoms with Gasteiger partial charge in [-0.05, 0) is 0 Å². The zero-order valence-electron chi connectivity index (χ0n) is 27.3. The maximum atomic E-state index is 2.79. The number of fused-ring (bicyclic) bond motifs is 6. The van der Waals surface area contributed by atoms with Crippen LogP contribution in [-0.2, 0) is 20.0 Å². The Morgan fingerprint density at radius 1 is 0.628 bits per heavy atom. The first kappa shape index (κ1) is 29.2. The summed E-state index contributed by atoms with van der Waals surface area (Å²) in [6.45, 7) is 14.4. The summed E-state index contributed by atoms with van der Waals surface area (Å²) >= 11 is -3.03. The van der Waals surface area contributed by atoms with Crippen molar-refractivity contribution < 1.29 is 20.0 Å². The monoisotopic (exact) mass is 746 g/mol. The van der Waals surface area contributed by atoms with E-state index in [4.69, 9.17) is 0 Å². The van der Waals surface area contributed by atoms with Crippen molar-refractivity contribution in [3.8, 4) is 22.3 Å². The van der Waals surface area contributed by atoms with Crippen LogP contribution in [-0.4, -0.2) is 8.07 Å². The Labute approximate surface area is 265 Å². The maximum absolute atomic E-state index is 3.03. The Morgan fingerprint density at radius 2 is 1.05 bits per heavy atom. The van der Waals surface area contributed by atoms with Gasteiger partial charge in [-0.1, -0.05) is 0 Å². The van der Waals surface area contributed by atoms with Crippen molar-refractivity contribution in [2.45, 2.75) is 75.8 Å². The van der Waals surface area contributed by atoms with Gasteiger partial charge < -0.3 is 0 Å². The van der Waals surface area contributed by atoms with E-state index in [0.717, 1.165) is 0 Å². The van der Waals surface area contributed by atoms with Crippen molar-refractivity contribution in [3.05, 3.63) is 129 Å². The van der Waals surface area contributed by atoms with E-state index >= 15 is 0 Å². The van der Waals surface area contributed by atoms with Gasteiger partial charge in [-0.3, -0.25) is 0 Å². The molecule has 4 aromatic rings. The van der Waals surface area contributed by atoms with Gasteiger partial charge in [0.05, 0.1) is 0 Å². The van der Waals surface area contributed by atoms with E-state index < -0.39 is 28.0 Å². The van der Waals surface area contributed by atoms with Crippen molar-refractivity contribution in [2.75, 3.05) is 0 Å². The van der Waals surface area contributed by atoms with Gasteiger partial charge in [-0.15, -0.1) is 0 Å². The third-order valence-corrected chi connectivity index (χ3v) is 33.4. The molecule has 2 atom stereocenters. The average molecular weight is 745 g/mol. The molecule has 0 bridgehead atoms. The molecule has 43 heavy (non-hydrogen) atoms. The minimum absolute atomic E-state index is 0.536. The summed E-state index contributed by atoms with van der Waals surface area (Å²) in [6, 6.07) is 34.4. The van der Waals surface area contributed by atoms with Crippen molar-refractivity contribution >= 4 is 20.2 Å². The molecule has 1 saturated heterocycles. The molecule has 1 fully saturated rings. The topological polar surface area (TPSA) is 0 Å². The molecule has 1 aliphatic heterocycles. The predicted octanol–water partition coefficient (Wildman–Crippen LogP) is 12.3. The van der Waals surface area contributed by atoms with Gasteiger partial charge in [0.2, 0.25) is 0 Å². The van der Waals surface area contributed by atoms with Crippen LogP contribution in [0, 0.1) is 0 Å². The Balaban J connectivity index is 1.41. The van der Waals surface area contributed by atoms with Crippen LogP contribution in [0.15, 0.2) is 95.3 Å². The Hall–Kier alpha value is -2.55. The van der Waals surface area contributed by atoms with Crippen molar-refractivity contribution in [1.82, 2.24) is 0 Å². The van der Waals surface area contributed by atoms with Crippen LogP contribution in [0.4, 0.5) is 0 Å². The molecule has 0 amide bonds. The number of allylic oxidation sites excluding steroid dienone is 2. The molecular weight excluding hydrogens is 699 g/mol. The molecule has 0 spiro atoms. The Kier molecular flexibility index (Phi) is 7.14. The fourth-order valence-corrected chi connectivity index (χ4v) is 40.5. The molecule has 0 aromatic heterocycles. The average Bonchev–Trinajstić information content (AvgIpc) is 3.62. The van der Waals surface area contributed by atoms with Crippen molar-refractivity contribution in [1.29, 1.82) is 0 Å². The van der Waals surface area contributed by atoms with E-state index in [-0.39, 0.29) is 0 Å². The van der Waals surface area contributed by atoms with E-state index in [0.29, 0.717) is 19.2 Å². The summed E-state index contributed by atoms with van der Waals surface area (Å²) in [4.78, 5) is 0. The van der Waals surface area contributed by atoms with Crippen LogP contribution in [0.1, 0.15) is 87.2 Å². The van der Waals surface area contributed by atoms with Crippen molar-refractivity contribution in [2.24, 2.45) is 0 Å². The van der Waals surface area contributed by atoms with Gasteiger partial charge in [-0.2, -0.15) is 0 Å². The van der Waals surface area contributed by atoms with Gasteiger partial charge in [0.1, 0.15) is 0 Å². The third-order valence-electron chi connectivity index (χ3n) is 11.3. The van der Waals surface area contributed by atoms with Crippen LogP contribution in [0.5, 0.6) is 0 Å². The first-order valence-electron chi connectivity index (χ1n) is 16.5. The van der Waals surface area contributed by atoms with Crippen LogP contribution < -0.4 is 0 Å². The zero-order valence-corrected chi connectivity index (χ0v) is 31.8. The zero-order chi connectivity index (χ0) is 30.3. The van der Waals surface area contributed by atoms with Crippen LogP contribution >= 0.6 is 0 Å². The molecule has 7 rings (SSSR count). The molecule has 0 nitrogen and oxygen atoms in total. The first-order valence-corrected chi connectivity index (χ1v) is 30.5. The molecule has 1 heterocycles. The third kappa shape index (κ3) is 4.37.